The van der Waals surface area contributed by atoms with Crippen molar-refractivity contribution in [2.24, 2.45) is 0 Å². The quantitative estimate of drug-likeness (QED) is 0.889. The van der Waals surface area contributed by atoms with Gasteiger partial charge in [0, 0.05) is 23.8 Å². The van der Waals surface area contributed by atoms with E-state index in [1.807, 2.05) is 5.32 Å². The van der Waals surface area contributed by atoms with Crippen LogP contribution in [0.2, 0.25) is 0 Å². The van der Waals surface area contributed by atoms with Gasteiger partial charge in [0.05, 0.1) is 5.56 Å². The summed E-state index contributed by atoms with van der Waals surface area (Å²) in [7, 11) is 0. The Hall–Kier alpha value is -2.51. The molecule has 0 spiro atoms. The maximum Gasteiger partial charge on any atom is 0.416 e. The predicted molar refractivity (Wildman–Crippen MR) is 65.0 cm³/mol. The molecule has 106 valence electrons. The second-order valence-electron chi connectivity index (χ2n) is 4.04. The smallest absolute Gasteiger partial charge is 0.416 e. The number of hydrogen-bond donors (Lipinski definition) is 2. The molecule has 0 bridgehead atoms. The van der Waals surface area contributed by atoms with Gasteiger partial charge in [0.2, 0.25) is 0 Å². The fourth-order valence-electron chi connectivity index (χ4n) is 1.76. The number of aromatic nitrogens is 2. The van der Waals surface area contributed by atoms with E-state index in [2.05, 4.69) is 4.98 Å². The lowest BCUT2D eigenvalue weighted by Gasteiger charge is -2.13. The van der Waals surface area contributed by atoms with Crippen LogP contribution in [0.1, 0.15) is 11.4 Å². The Kier molecular flexibility index (Phi) is 3.39. The molecular formula is C12H10F3N3O2. The fraction of sp³-hybridized carbons (Fsp3) is 0.167. The molecule has 0 fully saturated rings. The van der Waals surface area contributed by atoms with E-state index in [9.17, 15) is 18.0 Å². The first kappa shape index (κ1) is 13.9. The van der Waals surface area contributed by atoms with Crippen molar-refractivity contribution in [3.8, 4) is 5.69 Å². The van der Waals surface area contributed by atoms with Gasteiger partial charge in [-0.25, -0.2) is 9.78 Å². The summed E-state index contributed by atoms with van der Waals surface area (Å²) in [6, 6.07) is 2.98. The van der Waals surface area contributed by atoms with Crippen LogP contribution in [0.15, 0.2) is 30.6 Å². The number of aryl methyl sites for hydroxylation is 1. The third-order valence-electron chi connectivity index (χ3n) is 2.60. The van der Waals surface area contributed by atoms with E-state index in [-0.39, 0.29) is 11.4 Å². The Labute approximate surface area is 111 Å². The van der Waals surface area contributed by atoms with E-state index in [1.165, 1.54) is 23.0 Å². The number of halogens is 3. The topological polar surface area (TPSA) is 67.2 Å². The summed E-state index contributed by atoms with van der Waals surface area (Å²) in [5.74, 6) is 0.491. The average Bonchev–Trinajstić information content (AvgIpc) is 2.73. The first-order chi connectivity index (χ1) is 9.27. The van der Waals surface area contributed by atoms with Gasteiger partial charge >= 0.3 is 12.3 Å². The molecule has 5 nitrogen and oxygen atoms in total. The van der Waals surface area contributed by atoms with Crippen molar-refractivity contribution < 1.29 is 23.1 Å². The van der Waals surface area contributed by atoms with Gasteiger partial charge in [-0.05, 0) is 25.1 Å². The lowest BCUT2D eigenvalue weighted by molar-refractivity contribution is -0.137. The van der Waals surface area contributed by atoms with Gasteiger partial charge in [-0.1, -0.05) is 0 Å². The van der Waals surface area contributed by atoms with Crippen LogP contribution in [0.3, 0.4) is 0 Å². The maximum atomic E-state index is 12.8. The number of amides is 1. The molecule has 0 aliphatic carbocycles. The van der Waals surface area contributed by atoms with Gasteiger partial charge in [-0.15, -0.1) is 0 Å². The monoisotopic (exact) mass is 285 g/mol. The minimum atomic E-state index is -4.57. The van der Waals surface area contributed by atoms with E-state index >= 15 is 0 Å². The highest BCUT2D eigenvalue weighted by atomic mass is 19.4. The Morgan fingerprint density at radius 3 is 2.55 bits per heavy atom. The van der Waals surface area contributed by atoms with Crippen LogP contribution in [0, 0.1) is 6.92 Å². The standard InChI is InChI=1S/C12H10F3N3O2/c1-7-16-2-3-18(7)10-5-8(12(13,14)15)4-9(6-10)17-11(19)20/h2-6,17H,1H3,(H,19,20). The Morgan fingerprint density at radius 2 is 2.05 bits per heavy atom. The highest BCUT2D eigenvalue weighted by molar-refractivity contribution is 5.83. The van der Waals surface area contributed by atoms with E-state index < -0.39 is 17.8 Å². The van der Waals surface area contributed by atoms with Crippen molar-refractivity contribution in [3.05, 3.63) is 42.0 Å². The average molecular weight is 285 g/mol. The normalized spacial score (nSPS) is 11.4. The van der Waals surface area contributed by atoms with Crippen molar-refractivity contribution in [2.45, 2.75) is 13.1 Å². The molecule has 20 heavy (non-hydrogen) atoms. The minimum absolute atomic E-state index is 0.157. The lowest BCUT2D eigenvalue weighted by atomic mass is 10.1. The van der Waals surface area contributed by atoms with Crippen molar-refractivity contribution in [3.63, 3.8) is 0 Å². The molecule has 0 saturated heterocycles. The van der Waals surface area contributed by atoms with Gasteiger partial charge in [0.15, 0.2) is 0 Å². The van der Waals surface area contributed by atoms with Crippen LogP contribution in [0.5, 0.6) is 0 Å². The van der Waals surface area contributed by atoms with Crippen LogP contribution in [0.4, 0.5) is 23.7 Å². The molecule has 0 radical (unpaired) electrons. The number of anilines is 1. The summed E-state index contributed by atoms with van der Waals surface area (Å²) in [6.45, 7) is 1.63. The largest absolute Gasteiger partial charge is 0.465 e. The number of nitrogens with one attached hydrogen (secondary N) is 1. The third kappa shape index (κ3) is 2.90. The number of carbonyl (C=O) groups is 1. The number of alkyl halides is 3. The predicted octanol–water partition coefficient (Wildman–Crippen LogP) is 3.29. The summed E-state index contributed by atoms with van der Waals surface area (Å²) < 4.78 is 39.9. The van der Waals surface area contributed by atoms with Gasteiger partial charge in [0.25, 0.3) is 0 Å². The molecule has 1 aromatic carbocycles. The third-order valence-corrected chi connectivity index (χ3v) is 2.60. The molecule has 0 aliphatic rings. The molecule has 1 amide bonds. The molecular weight excluding hydrogens is 275 g/mol. The Morgan fingerprint density at radius 1 is 1.35 bits per heavy atom. The number of benzene rings is 1. The summed E-state index contributed by atoms with van der Waals surface area (Å²) >= 11 is 0. The highest BCUT2D eigenvalue weighted by Crippen LogP contribution is 2.33. The first-order valence-electron chi connectivity index (χ1n) is 5.50. The van der Waals surface area contributed by atoms with Crippen molar-refractivity contribution in [1.29, 1.82) is 0 Å². The summed E-state index contributed by atoms with van der Waals surface area (Å²) in [5, 5.41) is 10.5. The van der Waals surface area contributed by atoms with E-state index in [0.29, 0.717) is 5.82 Å². The molecule has 0 aliphatic heterocycles. The molecule has 0 atom stereocenters. The summed E-state index contributed by atoms with van der Waals surface area (Å²) in [5.41, 5.74) is -0.916. The summed E-state index contributed by atoms with van der Waals surface area (Å²) in [4.78, 5) is 14.5. The Balaban J connectivity index is 2.57. The summed E-state index contributed by atoms with van der Waals surface area (Å²) in [6.07, 6.45) is -3.06. The van der Waals surface area contributed by atoms with E-state index in [1.54, 1.807) is 6.92 Å². The van der Waals surface area contributed by atoms with E-state index in [0.717, 1.165) is 12.1 Å². The molecule has 0 unspecified atom stereocenters. The van der Waals surface area contributed by atoms with Gasteiger partial charge in [-0.2, -0.15) is 13.2 Å². The lowest BCUT2D eigenvalue weighted by Crippen LogP contribution is -2.11. The molecule has 2 rings (SSSR count). The zero-order chi connectivity index (χ0) is 14.9. The molecule has 8 heteroatoms. The molecule has 1 aromatic heterocycles. The number of carboxylic acid groups (broad SMARTS) is 1. The molecule has 1 heterocycles. The molecule has 0 saturated carbocycles. The highest BCUT2D eigenvalue weighted by Gasteiger charge is 2.31. The minimum Gasteiger partial charge on any atom is -0.465 e. The van der Waals surface area contributed by atoms with Gasteiger partial charge in [-0.3, -0.25) is 5.32 Å². The van der Waals surface area contributed by atoms with Crippen LogP contribution in [-0.4, -0.2) is 20.8 Å². The fourth-order valence-corrected chi connectivity index (χ4v) is 1.76. The van der Waals surface area contributed by atoms with Crippen LogP contribution in [0.25, 0.3) is 5.69 Å². The van der Waals surface area contributed by atoms with Crippen LogP contribution in [-0.2, 0) is 6.18 Å². The van der Waals surface area contributed by atoms with Crippen molar-refractivity contribution in [2.75, 3.05) is 5.32 Å². The van der Waals surface area contributed by atoms with Gasteiger partial charge in [0.1, 0.15) is 5.82 Å². The number of imidazole rings is 1. The first-order valence-corrected chi connectivity index (χ1v) is 5.50. The second kappa shape index (κ2) is 4.87. The number of nitrogens with zero attached hydrogens (tertiary/aromatic N) is 2. The SMILES string of the molecule is Cc1nccn1-c1cc(NC(=O)O)cc(C(F)(F)F)c1. The maximum absolute atomic E-state index is 12.8. The zero-order valence-electron chi connectivity index (χ0n) is 10.3. The number of rotatable bonds is 2. The van der Waals surface area contributed by atoms with Crippen molar-refractivity contribution >= 4 is 11.8 Å². The van der Waals surface area contributed by atoms with Crippen LogP contribution < -0.4 is 5.32 Å². The molecule has 2 aromatic rings. The van der Waals surface area contributed by atoms with Crippen LogP contribution >= 0.6 is 0 Å². The Bertz CT molecular complexity index is 650. The zero-order valence-corrected chi connectivity index (χ0v) is 10.3. The number of hydrogen-bond acceptors (Lipinski definition) is 2. The van der Waals surface area contributed by atoms with Gasteiger partial charge < -0.3 is 9.67 Å². The molecule has 2 N–H and O–H groups in total. The van der Waals surface area contributed by atoms with E-state index in [4.69, 9.17) is 5.11 Å². The second-order valence-corrected chi connectivity index (χ2v) is 4.04. The van der Waals surface area contributed by atoms with Crippen molar-refractivity contribution in [1.82, 2.24) is 9.55 Å².